The van der Waals surface area contributed by atoms with Gasteiger partial charge >= 0.3 is 0 Å². The quantitative estimate of drug-likeness (QED) is 0.926. The third-order valence-corrected chi connectivity index (χ3v) is 3.76. The lowest BCUT2D eigenvalue weighted by molar-refractivity contribution is 0.467. The fourth-order valence-electron chi connectivity index (χ4n) is 2.53. The van der Waals surface area contributed by atoms with Crippen LogP contribution >= 0.6 is 0 Å². The van der Waals surface area contributed by atoms with Crippen molar-refractivity contribution in [1.82, 2.24) is 15.3 Å². The largest absolute Gasteiger partial charge is 0.338 e. The lowest BCUT2D eigenvalue weighted by atomic mass is 10.1. The van der Waals surface area contributed by atoms with Crippen molar-refractivity contribution in [1.29, 1.82) is 0 Å². The van der Waals surface area contributed by atoms with Gasteiger partial charge in [-0.05, 0) is 17.5 Å². The summed E-state index contributed by atoms with van der Waals surface area (Å²) in [5.41, 5.74) is 2.51. The van der Waals surface area contributed by atoms with E-state index in [9.17, 15) is 0 Å². The van der Waals surface area contributed by atoms with Gasteiger partial charge in [-0.25, -0.2) is 9.97 Å². The van der Waals surface area contributed by atoms with E-state index in [1.165, 1.54) is 11.1 Å². The first-order valence-electron chi connectivity index (χ1n) is 7.21. The second kappa shape index (κ2) is 6.01. The molecule has 1 aromatic heterocycles. The van der Waals surface area contributed by atoms with Crippen LogP contribution in [-0.2, 0) is 6.42 Å². The predicted molar refractivity (Wildman–Crippen MR) is 80.8 cm³/mol. The molecule has 0 aliphatic carbocycles. The average molecular weight is 268 g/mol. The third-order valence-electron chi connectivity index (χ3n) is 3.76. The van der Waals surface area contributed by atoms with E-state index >= 15 is 0 Å². The Labute approximate surface area is 119 Å². The lowest BCUT2D eigenvalue weighted by Crippen LogP contribution is -2.46. The summed E-state index contributed by atoms with van der Waals surface area (Å²) in [6.07, 6.45) is 4.85. The number of anilines is 1. The number of nitrogens with zero attached hydrogens (tertiary/aromatic N) is 3. The van der Waals surface area contributed by atoms with Gasteiger partial charge in [-0.1, -0.05) is 37.3 Å². The zero-order valence-corrected chi connectivity index (χ0v) is 11.8. The highest BCUT2D eigenvalue weighted by molar-refractivity contribution is 5.33. The van der Waals surface area contributed by atoms with Crippen LogP contribution in [0.15, 0.2) is 42.7 Å². The average Bonchev–Trinajstić information content (AvgIpc) is 2.56. The van der Waals surface area contributed by atoms with Crippen molar-refractivity contribution in [3.05, 3.63) is 53.9 Å². The van der Waals surface area contributed by atoms with Crippen LogP contribution in [-0.4, -0.2) is 29.6 Å². The molecule has 104 valence electrons. The molecule has 4 nitrogen and oxygen atoms in total. The Balaban J connectivity index is 1.74. The summed E-state index contributed by atoms with van der Waals surface area (Å²) in [5.74, 6) is 0.838. The Bertz CT molecular complexity index is 538. The first-order chi connectivity index (χ1) is 9.86. The van der Waals surface area contributed by atoms with Gasteiger partial charge in [0.15, 0.2) is 0 Å². The first kappa shape index (κ1) is 13.1. The molecule has 1 aromatic carbocycles. The molecule has 0 unspecified atom stereocenters. The Kier molecular flexibility index (Phi) is 3.92. The van der Waals surface area contributed by atoms with E-state index < -0.39 is 0 Å². The smallest absolute Gasteiger partial charge is 0.225 e. The molecule has 2 heterocycles. The number of hydrogen-bond donors (Lipinski definition) is 1. The minimum atomic E-state index is 0.347. The summed E-state index contributed by atoms with van der Waals surface area (Å²) in [5, 5.41) is 3.56. The van der Waals surface area contributed by atoms with E-state index in [0.717, 1.165) is 32.0 Å². The van der Waals surface area contributed by atoms with Gasteiger partial charge in [-0.15, -0.1) is 0 Å². The number of aryl methyl sites for hydroxylation is 1. The maximum Gasteiger partial charge on any atom is 0.225 e. The fraction of sp³-hybridized carbons (Fsp3) is 0.375. The van der Waals surface area contributed by atoms with Crippen molar-refractivity contribution in [2.75, 3.05) is 24.5 Å². The van der Waals surface area contributed by atoms with Gasteiger partial charge in [0.25, 0.3) is 0 Å². The van der Waals surface area contributed by atoms with E-state index in [4.69, 9.17) is 0 Å². The van der Waals surface area contributed by atoms with Crippen LogP contribution in [0.5, 0.6) is 0 Å². The normalized spacial score (nSPS) is 19.1. The minimum absolute atomic E-state index is 0.347. The summed E-state index contributed by atoms with van der Waals surface area (Å²) in [4.78, 5) is 11.2. The van der Waals surface area contributed by atoms with Gasteiger partial charge in [0.2, 0.25) is 5.95 Å². The lowest BCUT2D eigenvalue weighted by Gasteiger charge is -2.34. The number of benzene rings is 1. The van der Waals surface area contributed by atoms with Gasteiger partial charge < -0.3 is 10.2 Å². The number of piperazine rings is 1. The van der Waals surface area contributed by atoms with Crippen molar-refractivity contribution in [3.8, 4) is 0 Å². The van der Waals surface area contributed by atoms with E-state index in [-0.39, 0.29) is 0 Å². The van der Waals surface area contributed by atoms with E-state index in [1.807, 2.05) is 12.4 Å². The van der Waals surface area contributed by atoms with Crippen molar-refractivity contribution in [2.45, 2.75) is 19.4 Å². The van der Waals surface area contributed by atoms with Crippen molar-refractivity contribution in [2.24, 2.45) is 0 Å². The Morgan fingerprint density at radius 2 is 1.95 bits per heavy atom. The molecule has 1 N–H and O–H groups in total. The van der Waals surface area contributed by atoms with Gasteiger partial charge in [-0.3, -0.25) is 0 Å². The fourth-order valence-corrected chi connectivity index (χ4v) is 2.53. The second-order valence-electron chi connectivity index (χ2n) is 5.11. The zero-order valence-electron chi connectivity index (χ0n) is 11.8. The zero-order chi connectivity index (χ0) is 13.8. The molecular formula is C16H20N4. The Morgan fingerprint density at radius 3 is 2.65 bits per heavy atom. The second-order valence-corrected chi connectivity index (χ2v) is 5.11. The highest BCUT2D eigenvalue weighted by Gasteiger charge is 2.22. The number of hydrogen-bond acceptors (Lipinski definition) is 4. The summed E-state index contributed by atoms with van der Waals surface area (Å²) >= 11 is 0. The predicted octanol–water partition coefficient (Wildman–Crippen LogP) is 2.19. The minimum Gasteiger partial charge on any atom is -0.338 e. The number of nitrogens with one attached hydrogen (secondary N) is 1. The van der Waals surface area contributed by atoms with Gasteiger partial charge in [0.05, 0.1) is 0 Å². The van der Waals surface area contributed by atoms with Gasteiger partial charge in [0.1, 0.15) is 0 Å². The van der Waals surface area contributed by atoms with Gasteiger partial charge in [0, 0.05) is 38.1 Å². The van der Waals surface area contributed by atoms with Crippen LogP contribution in [0, 0.1) is 0 Å². The molecule has 0 amide bonds. The number of rotatable bonds is 3. The first-order valence-corrected chi connectivity index (χ1v) is 7.21. The molecule has 2 aromatic rings. The van der Waals surface area contributed by atoms with Crippen LogP contribution < -0.4 is 10.2 Å². The molecule has 4 heteroatoms. The Morgan fingerprint density at radius 1 is 1.20 bits per heavy atom. The molecule has 0 spiro atoms. The van der Waals surface area contributed by atoms with Crippen molar-refractivity contribution in [3.63, 3.8) is 0 Å². The van der Waals surface area contributed by atoms with Crippen LogP contribution in [0.1, 0.15) is 24.1 Å². The Hall–Kier alpha value is -1.94. The molecule has 20 heavy (non-hydrogen) atoms. The topological polar surface area (TPSA) is 41.1 Å². The monoisotopic (exact) mass is 268 g/mol. The molecule has 1 saturated heterocycles. The highest BCUT2D eigenvalue weighted by Crippen LogP contribution is 2.19. The van der Waals surface area contributed by atoms with Crippen molar-refractivity contribution < 1.29 is 0 Å². The summed E-state index contributed by atoms with van der Waals surface area (Å²) < 4.78 is 0. The highest BCUT2D eigenvalue weighted by atomic mass is 15.3. The molecular weight excluding hydrogens is 248 g/mol. The summed E-state index contributed by atoms with van der Waals surface area (Å²) in [6, 6.07) is 10.9. The van der Waals surface area contributed by atoms with Crippen LogP contribution in [0.3, 0.4) is 0 Å². The molecule has 0 saturated carbocycles. The van der Waals surface area contributed by atoms with E-state index in [0.29, 0.717) is 6.04 Å². The standard InChI is InChI=1S/C16H20N4/c1-2-13-10-18-16(19-11-13)20-9-8-17-15(12-20)14-6-4-3-5-7-14/h3-7,10-11,15,17H,2,8-9,12H2,1H3/t15-/m1/s1. The van der Waals surface area contributed by atoms with Crippen LogP contribution in [0.2, 0.25) is 0 Å². The molecule has 3 rings (SSSR count). The summed E-state index contributed by atoms with van der Waals surface area (Å²) in [7, 11) is 0. The number of aromatic nitrogens is 2. The van der Waals surface area contributed by atoms with Crippen molar-refractivity contribution >= 4 is 5.95 Å². The van der Waals surface area contributed by atoms with E-state index in [1.54, 1.807) is 0 Å². The van der Waals surface area contributed by atoms with Crippen LogP contribution in [0.4, 0.5) is 5.95 Å². The van der Waals surface area contributed by atoms with E-state index in [2.05, 4.69) is 57.4 Å². The maximum atomic E-state index is 4.49. The molecule has 1 fully saturated rings. The van der Waals surface area contributed by atoms with Crippen LogP contribution in [0.25, 0.3) is 0 Å². The SMILES string of the molecule is CCc1cnc(N2CCN[C@@H](c3ccccc3)C2)nc1. The molecule has 1 atom stereocenters. The molecule has 0 bridgehead atoms. The third kappa shape index (κ3) is 2.80. The summed E-state index contributed by atoms with van der Waals surface area (Å²) in [6.45, 7) is 4.94. The molecule has 0 radical (unpaired) electrons. The molecule has 1 aliphatic heterocycles. The molecule has 1 aliphatic rings. The maximum absolute atomic E-state index is 4.49. The van der Waals surface area contributed by atoms with Gasteiger partial charge in [-0.2, -0.15) is 0 Å².